The maximum atomic E-state index is 15.2. The first-order chi connectivity index (χ1) is 44.4. The molecule has 0 aliphatic carbocycles. The SMILES string of the molecule is C[C@@H](O)[C@@H]1NC(=O)[C@H](CCCCN)NC(=O)[C@@H](Cc2c[nH]c3ccccc23)NC(=O)[C@H](Cc2ccccc2)NC(=O)[C@@H](NC(=O)[C@@H](Cc2ccccc2)NC[C@@]2(O)OC[C@@H](O)[C@@H](O[C@H]3O[C@H](CO)[C@@H](O)[C@H](O)[C@H]3O)[C@@H]2O)CSSC[C@@H](C(=O)N[C@H](CO)[C@@H](C)O)NC1=O. The number of carbonyl (C=O) groups excluding carboxylic acids is 7. The van der Waals surface area contributed by atoms with Crippen molar-refractivity contribution in [3.8, 4) is 0 Å². The van der Waals surface area contributed by atoms with Crippen LogP contribution in [0.3, 0.4) is 0 Å². The highest BCUT2D eigenvalue weighted by Gasteiger charge is 2.53. The van der Waals surface area contributed by atoms with Crippen LogP contribution in [-0.2, 0) is 67.0 Å². The van der Waals surface area contributed by atoms with Gasteiger partial charge in [0, 0.05) is 41.4 Å². The highest BCUT2D eigenvalue weighted by molar-refractivity contribution is 8.76. The smallest absolute Gasteiger partial charge is 0.245 e. The van der Waals surface area contributed by atoms with Crippen LogP contribution in [0.15, 0.2) is 91.1 Å². The summed E-state index contributed by atoms with van der Waals surface area (Å²) < 4.78 is 16.7. The number of H-pyrrole nitrogens is 1. The Balaban J connectivity index is 1.25. The average molecular weight is 1340 g/mol. The number of amides is 7. The number of hydrogen-bond acceptors (Lipinski definition) is 24. The third-order valence-electron chi connectivity index (χ3n) is 16.2. The Morgan fingerprint density at radius 1 is 0.742 bits per heavy atom. The van der Waals surface area contributed by atoms with Crippen molar-refractivity contribution < 1.29 is 98.8 Å². The highest BCUT2D eigenvalue weighted by atomic mass is 33.1. The van der Waals surface area contributed by atoms with Crippen molar-refractivity contribution in [2.75, 3.05) is 44.4 Å². The summed E-state index contributed by atoms with van der Waals surface area (Å²) in [7, 11) is 1.82. The number of benzene rings is 3. The van der Waals surface area contributed by atoms with Gasteiger partial charge in [0.05, 0.1) is 50.7 Å². The van der Waals surface area contributed by atoms with Crippen molar-refractivity contribution in [2.24, 2.45) is 5.73 Å². The Bertz CT molecular complexity index is 3090. The molecular formula is C61H86N10O20S2. The Morgan fingerprint density at radius 3 is 2.02 bits per heavy atom. The Kier molecular flexibility index (Phi) is 28.1. The molecule has 7 rings (SSSR count). The van der Waals surface area contributed by atoms with Gasteiger partial charge in [0.15, 0.2) is 6.29 Å². The molecule has 3 fully saturated rings. The number of nitrogens with one attached hydrogen (secondary N) is 9. The topological polar surface area (TPSA) is 488 Å². The molecule has 93 heavy (non-hydrogen) atoms. The van der Waals surface area contributed by atoms with Crippen LogP contribution in [0, 0.1) is 0 Å². The number of para-hydroxylation sites is 1. The molecule has 0 spiro atoms. The Morgan fingerprint density at radius 2 is 1.37 bits per heavy atom. The Labute approximate surface area is 543 Å². The molecule has 21 N–H and O–H groups in total. The van der Waals surface area contributed by atoms with E-state index in [4.69, 9.17) is 19.9 Å². The third kappa shape index (κ3) is 20.3. The van der Waals surface area contributed by atoms with Gasteiger partial charge in [0.1, 0.15) is 79.0 Å². The minimum Gasteiger partial charge on any atom is -0.394 e. The molecule has 7 amide bonds. The maximum absolute atomic E-state index is 15.2. The van der Waals surface area contributed by atoms with Crippen LogP contribution in [0.5, 0.6) is 0 Å². The second-order valence-corrected chi connectivity index (χ2v) is 25.8. The number of fused-ring (bicyclic) bond motifs is 1. The molecule has 0 saturated carbocycles. The van der Waals surface area contributed by atoms with Crippen molar-refractivity contribution in [3.05, 3.63) is 108 Å². The second kappa shape index (κ2) is 35.4. The largest absolute Gasteiger partial charge is 0.394 e. The van der Waals surface area contributed by atoms with Crippen molar-refractivity contribution in [1.82, 2.24) is 47.5 Å². The zero-order valence-electron chi connectivity index (χ0n) is 51.2. The Hall–Kier alpha value is -6.41. The molecule has 4 aromatic rings. The fourth-order valence-corrected chi connectivity index (χ4v) is 13.0. The van der Waals surface area contributed by atoms with Gasteiger partial charge >= 0.3 is 0 Å². The molecule has 3 aliphatic heterocycles. The van der Waals surface area contributed by atoms with E-state index in [2.05, 4.69) is 47.5 Å². The van der Waals surface area contributed by atoms with E-state index in [0.717, 1.165) is 21.6 Å². The molecule has 3 saturated heterocycles. The van der Waals surface area contributed by atoms with E-state index < -0.39 is 183 Å². The molecule has 32 heteroatoms. The number of aliphatic hydroxyl groups excluding tert-OH is 9. The second-order valence-electron chi connectivity index (χ2n) is 23.3. The van der Waals surface area contributed by atoms with Crippen molar-refractivity contribution >= 4 is 73.8 Å². The fraction of sp³-hybridized carbons (Fsp3) is 0.557. The van der Waals surface area contributed by atoms with Crippen LogP contribution in [0.2, 0.25) is 0 Å². The van der Waals surface area contributed by atoms with Gasteiger partial charge in [-0.05, 0) is 68.8 Å². The third-order valence-corrected chi connectivity index (χ3v) is 18.6. The lowest BCUT2D eigenvalue weighted by Crippen LogP contribution is -2.68. The van der Waals surface area contributed by atoms with Crippen molar-refractivity contribution in [1.29, 1.82) is 0 Å². The standard InChI is InChI=1S/C61H86N10O20S2/c1-31(74)42(25-72)68-58(86)44-29-93-92-28-43(69-54(82)39(21-33-13-5-3-6-14-33)64-30-61(88)52(80)51(45(76)27-89-61)91-60-50(79)49(78)48(77)46(26-73)90-60)57(85)66-40(22-34-15-7-4-8-16-34)55(83)67-41(23-35-24-63-37-18-10-9-17-36(35)37)56(84)65-38(19-11-12-20-62)53(81)71-47(32(2)75)59(87)70-44/h3-10,13-18,24,31-32,38-52,60,63-64,72-80,88H,11-12,19-23,25-30,62H2,1-2H3,(H,65,84)(H,66,85)(H,67,83)(H,68,86)(H,69,82)(H,70,87)(H,71,81)/t31-,32-,38+,39-,40+,41-,42-,43+,44+,45-,46-,47+,48-,49+,50-,51-,52+,60-,61-/m1/s1. The number of aromatic nitrogens is 1. The number of unbranched alkanes of at least 4 members (excludes halogenated alkanes) is 1. The number of rotatable bonds is 23. The summed E-state index contributed by atoms with van der Waals surface area (Å²) in [4.78, 5) is 106. The molecular weight excluding hydrogens is 1260 g/mol. The maximum Gasteiger partial charge on any atom is 0.245 e. The van der Waals surface area contributed by atoms with Gasteiger partial charge in [-0.15, -0.1) is 0 Å². The lowest BCUT2D eigenvalue weighted by Gasteiger charge is -2.47. The minimum absolute atomic E-state index is 0.0380. The summed E-state index contributed by atoms with van der Waals surface area (Å²) in [6.07, 6.45) is -15.8. The van der Waals surface area contributed by atoms with E-state index in [-0.39, 0.29) is 50.2 Å². The normalized spacial score (nSPS) is 30.3. The molecule has 19 atom stereocenters. The van der Waals surface area contributed by atoms with Gasteiger partial charge in [0.2, 0.25) is 47.1 Å². The van der Waals surface area contributed by atoms with Crippen molar-refractivity contribution in [3.63, 3.8) is 0 Å². The molecule has 0 radical (unpaired) electrons. The monoisotopic (exact) mass is 1340 g/mol. The van der Waals surface area contributed by atoms with Gasteiger partial charge in [0.25, 0.3) is 0 Å². The quantitative estimate of drug-likeness (QED) is 0.0243. The number of ether oxygens (including phenoxy) is 3. The van der Waals surface area contributed by atoms with Crippen LogP contribution in [0.4, 0.5) is 0 Å². The van der Waals surface area contributed by atoms with Gasteiger partial charge in [-0.3, -0.25) is 33.6 Å². The van der Waals surface area contributed by atoms with Crippen LogP contribution in [0.25, 0.3) is 10.9 Å². The first kappa shape index (κ1) is 74.0. The van der Waals surface area contributed by atoms with E-state index in [0.29, 0.717) is 34.0 Å². The van der Waals surface area contributed by atoms with Crippen LogP contribution < -0.4 is 48.3 Å². The zero-order chi connectivity index (χ0) is 67.5. The molecule has 3 aliphatic rings. The van der Waals surface area contributed by atoms with E-state index in [9.17, 15) is 70.2 Å². The van der Waals surface area contributed by atoms with Gasteiger partial charge in [-0.2, -0.15) is 0 Å². The molecule has 30 nitrogen and oxygen atoms in total. The number of carbonyl (C=O) groups is 7. The molecule has 4 heterocycles. The van der Waals surface area contributed by atoms with E-state index in [1.807, 2.05) is 0 Å². The van der Waals surface area contributed by atoms with Gasteiger partial charge in [-0.1, -0.05) is 100 Å². The molecule has 512 valence electrons. The summed E-state index contributed by atoms with van der Waals surface area (Å²) in [6.45, 7) is -0.343. The van der Waals surface area contributed by atoms with Crippen LogP contribution in [-0.4, -0.2) is 257 Å². The van der Waals surface area contributed by atoms with Crippen molar-refractivity contribution in [2.45, 2.75) is 168 Å². The number of aliphatic hydroxyl groups is 10. The van der Waals surface area contributed by atoms with E-state index >= 15 is 14.4 Å². The van der Waals surface area contributed by atoms with Crippen LogP contribution in [0.1, 0.15) is 49.8 Å². The lowest BCUT2D eigenvalue weighted by atomic mass is 9.95. The minimum atomic E-state index is -2.70. The molecule has 0 bridgehead atoms. The summed E-state index contributed by atoms with van der Waals surface area (Å²) in [6, 6.07) is 12.2. The van der Waals surface area contributed by atoms with E-state index in [1.54, 1.807) is 91.1 Å². The van der Waals surface area contributed by atoms with Crippen LogP contribution >= 0.6 is 21.6 Å². The zero-order valence-corrected chi connectivity index (χ0v) is 52.8. The highest BCUT2D eigenvalue weighted by Crippen LogP contribution is 2.31. The number of hydrogen-bond donors (Lipinski definition) is 20. The summed E-state index contributed by atoms with van der Waals surface area (Å²) in [5.41, 5.74) is 8.20. The summed E-state index contributed by atoms with van der Waals surface area (Å²) >= 11 is 0. The number of aromatic amines is 1. The van der Waals surface area contributed by atoms with Gasteiger partial charge in [-0.25, -0.2) is 0 Å². The van der Waals surface area contributed by atoms with Gasteiger partial charge < -0.3 is 119 Å². The first-order valence-electron chi connectivity index (χ1n) is 30.5. The predicted octanol–water partition coefficient (Wildman–Crippen LogP) is -5.55. The first-order valence-corrected chi connectivity index (χ1v) is 33.0. The summed E-state index contributed by atoms with van der Waals surface area (Å²) in [5.74, 6) is -9.92. The van der Waals surface area contributed by atoms with E-state index in [1.165, 1.54) is 13.8 Å². The molecule has 3 aromatic carbocycles. The fourth-order valence-electron chi connectivity index (χ4n) is 10.7. The molecule has 1 aromatic heterocycles. The molecule has 0 unspecified atom stereocenters. The lowest BCUT2D eigenvalue weighted by molar-refractivity contribution is -0.367. The average Bonchev–Trinajstić information content (AvgIpc) is 1.33. The predicted molar refractivity (Wildman–Crippen MR) is 337 cm³/mol. The number of nitrogens with two attached hydrogens (primary N) is 1. The summed E-state index contributed by atoms with van der Waals surface area (Å²) in [5, 5.41) is 129.